The summed E-state index contributed by atoms with van der Waals surface area (Å²) in [5, 5.41) is 9.40. The highest BCUT2D eigenvalue weighted by atomic mass is 19.1. The van der Waals surface area contributed by atoms with Crippen molar-refractivity contribution < 1.29 is 14.2 Å². The van der Waals surface area contributed by atoms with Crippen molar-refractivity contribution in [1.82, 2.24) is 9.55 Å². The average molecular weight is 276 g/mol. The van der Waals surface area contributed by atoms with Gasteiger partial charge in [0.15, 0.2) is 11.6 Å². The van der Waals surface area contributed by atoms with E-state index < -0.39 is 11.9 Å². The fourth-order valence-electron chi connectivity index (χ4n) is 2.17. The molecule has 1 saturated carbocycles. The summed E-state index contributed by atoms with van der Waals surface area (Å²) in [4.78, 5) is 4.11. The van der Waals surface area contributed by atoms with Crippen LogP contribution in [0.3, 0.4) is 0 Å². The molecular formula is C15H17FN2O2. The molecule has 0 spiro atoms. The van der Waals surface area contributed by atoms with E-state index in [0.717, 1.165) is 5.69 Å². The minimum Gasteiger partial charge on any atom is -0.484 e. The molecule has 106 valence electrons. The van der Waals surface area contributed by atoms with Crippen LogP contribution in [0.15, 0.2) is 30.7 Å². The first-order valence-corrected chi connectivity index (χ1v) is 6.76. The molecule has 1 N–H and O–H groups in total. The van der Waals surface area contributed by atoms with Gasteiger partial charge in [0.2, 0.25) is 0 Å². The zero-order valence-corrected chi connectivity index (χ0v) is 11.3. The molecule has 0 unspecified atom stereocenters. The van der Waals surface area contributed by atoms with Gasteiger partial charge < -0.3 is 14.4 Å². The monoisotopic (exact) mass is 276 g/mol. The Morgan fingerprint density at radius 3 is 2.95 bits per heavy atom. The van der Waals surface area contributed by atoms with E-state index in [9.17, 15) is 9.50 Å². The number of halogens is 1. The Balaban J connectivity index is 1.70. The van der Waals surface area contributed by atoms with Crippen molar-refractivity contribution in [1.29, 1.82) is 0 Å². The number of rotatable bonds is 5. The number of ether oxygens (including phenoxy) is 1. The molecule has 1 aromatic heterocycles. The fraction of sp³-hybridized carbons (Fsp3) is 0.400. The number of aliphatic hydroxyl groups excluding tert-OH is 1. The van der Waals surface area contributed by atoms with Crippen LogP contribution >= 0.6 is 0 Å². The number of aromatic nitrogens is 2. The Bertz CT molecular complexity index is 606. The average Bonchev–Trinajstić information content (AvgIpc) is 3.16. The third-order valence-corrected chi connectivity index (χ3v) is 3.50. The van der Waals surface area contributed by atoms with Crippen LogP contribution in [0.2, 0.25) is 0 Å². The highest BCUT2D eigenvalue weighted by Crippen LogP contribution is 2.35. The van der Waals surface area contributed by atoms with Crippen molar-refractivity contribution in [2.45, 2.75) is 38.5 Å². The molecule has 1 heterocycles. The van der Waals surface area contributed by atoms with E-state index in [1.807, 2.05) is 0 Å². The Labute approximate surface area is 116 Å². The van der Waals surface area contributed by atoms with Crippen LogP contribution in [0.4, 0.5) is 4.39 Å². The molecule has 0 amide bonds. The van der Waals surface area contributed by atoms with Gasteiger partial charge in [0.1, 0.15) is 6.61 Å². The van der Waals surface area contributed by atoms with Gasteiger partial charge in [-0.1, -0.05) is 6.07 Å². The van der Waals surface area contributed by atoms with Crippen molar-refractivity contribution in [3.8, 4) is 5.75 Å². The predicted molar refractivity (Wildman–Crippen MR) is 71.9 cm³/mol. The first-order chi connectivity index (χ1) is 9.65. The molecule has 3 rings (SSSR count). The molecule has 1 aliphatic rings. The maximum Gasteiger partial charge on any atom is 0.165 e. The van der Waals surface area contributed by atoms with Crippen molar-refractivity contribution in [3.05, 3.63) is 47.8 Å². The maximum atomic E-state index is 13.9. The summed E-state index contributed by atoms with van der Waals surface area (Å²) in [6.07, 6.45) is 5.19. The third kappa shape index (κ3) is 2.67. The zero-order valence-electron chi connectivity index (χ0n) is 11.3. The molecule has 5 heteroatoms. The summed E-state index contributed by atoms with van der Waals surface area (Å²) >= 11 is 0. The molecule has 20 heavy (non-hydrogen) atoms. The smallest absolute Gasteiger partial charge is 0.165 e. The van der Waals surface area contributed by atoms with E-state index in [4.69, 9.17) is 4.74 Å². The van der Waals surface area contributed by atoms with Crippen molar-refractivity contribution in [2.24, 2.45) is 0 Å². The summed E-state index contributed by atoms with van der Waals surface area (Å²) in [7, 11) is 0. The zero-order chi connectivity index (χ0) is 14.1. The lowest BCUT2D eigenvalue weighted by molar-refractivity contribution is 0.198. The van der Waals surface area contributed by atoms with Crippen molar-refractivity contribution in [3.63, 3.8) is 0 Å². The number of benzene rings is 1. The number of imidazole rings is 1. The van der Waals surface area contributed by atoms with Crippen LogP contribution in [0.5, 0.6) is 5.75 Å². The SMILES string of the molecule is C[C@H](O)c1ccc(OCc2cncn2C2CC2)c(F)c1. The normalized spacial score (nSPS) is 16.1. The van der Waals surface area contributed by atoms with Crippen molar-refractivity contribution >= 4 is 0 Å². The second-order valence-electron chi connectivity index (χ2n) is 5.18. The highest BCUT2D eigenvalue weighted by Gasteiger charge is 2.25. The molecule has 1 fully saturated rings. The van der Waals surface area contributed by atoms with Gasteiger partial charge in [0.05, 0.1) is 24.3 Å². The van der Waals surface area contributed by atoms with E-state index in [-0.39, 0.29) is 5.75 Å². The summed E-state index contributed by atoms with van der Waals surface area (Å²) in [5.74, 6) is -0.265. The Hall–Kier alpha value is -1.88. The van der Waals surface area contributed by atoms with Gasteiger partial charge in [0.25, 0.3) is 0 Å². The number of hydrogen-bond acceptors (Lipinski definition) is 3. The molecule has 1 atom stereocenters. The van der Waals surface area contributed by atoms with Crippen LogP contribution < -0.4 is 4.74 Å². The lowest BCUT2D eigenvalue weighted by Gasteiger charge is -2.11. The minimum absolute atomic E-state index is 0.193. The topological polar surface area (TPSA) is 47.3 Å². The van der Waals surface area contributed by atoms with Crippen LogP contribution in [0.25, 0.3) is 0 Å². The van der Waals surface area contributed by atoms with Gasteiger partial charge in [-0.25, -0.2) is 9.37 Å². The Morgan fingerprint density at radius 1 is 1.50 bits per heavy atom. The third-order valence-electron chi connectivity index (χ3n) is 3.50. The highest BCUT2D eigenvalue weighted by molar-refractivity contribution is 5.30. The predicted octanol–water partition coefficient (Wildman–Crippen LogP) is 2.99. The molecule has 0 aliphatic heterocycles. The first-order valence-electron chi connectivity index (χ1n) is 6.76. The molecular weight excluding hydrogens is 259 g/mol. The van der Waals surface area contributed by atoms with E-state index in [1.54, 1.807) is 31.6 Å². The number of nitrogens with zero attached hydrogens (tertiary/aromatic N) is 2. The number of aliphatic hydroxyl groups is 1. The van der Waals surface area contributed by atoms with E-state index >= 15 is 0 Å². The standard InChI is InChI=1S/C15H17FN2O2/c1-10(19)11-2-5-15(14(16)6-11)20-8-13-7-17-9-18(13)12-3-4-12/h2,5-7,9-10,12,19H,3-4,8H2,1H3/t10-/m0/s1. The maximum absolute atomic E-state index is 13.9. The molecule has 2 aromatic rings. The minimum atomic E-state index is -0.685. The summed E-state index contributed by atoms with van der Waals surface area (Å²) in [5.41, 5.74) is 1.49. The van der Waals surface area contributed by atoms with Crippen LogP contribution in [-0.4, -0.2) is 14.7 Å². The molecule has 4 nitrogen and oxygen atoms in total. The first kappa shape index (κ1) is 13.1. The van der Waals surface area contributed by atoms with Gasteiger partial charge in [-0.2, -0.15) is 0 Å². The van der Waals surface area contributed by atoms with Gasteiger partial charge >= 0.3 is 0 Å². The van der Waals surface area contributed by atoms with Crippen molar-refractivity contribution in [2.75, 3.05) is 0 Å². The van der Waals surface area contributed by atoms with Gasteiger partial charge in [-0.05, 0) is 37.5 Å². The summed E-state index contributed by atoms with van der Waals surface area (Å²) in [6, 6.07) is 5.05. The number of hydrogen-bond donors (Lipinski definition) is 1. The van der Waals surface area contributed by atoms with E-state index in [2.05, 4.69) is 9.55 Å². The van der Waals surface area contributed by atoms with Crippen LogP contribution in [0.1, 0.15) is 43.2 Å². The Morgan fingerprint density at radius 2 is 2.30 bits per heavy atom. The van der Waals surface area contributed by atoms with Crippen LogP contribution in [-0.2, 0) is 6.61 Å². The van der Waals surface area contributed by atoms with Gasteiger partial charge in [0, 0.05) is 6.04 Å². The lowest BCUT2D eigenvalue weighted by Crippen LogP contribution is -2.05. The van der Waals surface area contributed by atoms with Gasteiger partial charge in [-0.15, -0.1) is 0 Å². The Kier molecular flexibility index (Phi) is 3.44. The largest absolute Gasteiger partial charge is 0.484 e. The second-order valence-corrected chi connectivity index (χ2v) is 5.18. The van der Waals surface area contributed by atoms with Gasteiger partial charge in [-0.3, -0.25) is 0 Å². The molecule has 0 bridgehead atoms. The van der Waals surface area contributed by atoms with E-state index in [1.165, 1.54) is 18.9 Å². The van der Waals surface area contributed by atoms with Crippen LogP contribution in [0, 0.1) is 5.82 Å². The fourth-order valence-corrected chi connectivity index (χ4v) is 2.17. The quantitative estimate of drug-likeness (QED) is 0.913. The lowest BCUT2D eigenvalue weighted by atomic mass is 10.1. The summed E-state index contributed by atoms with van der Waals surface area (Å²) < 4.78 is 21.5. The summed E-state index contributed by atoms with van der Waals surface area (Å²) in [6.45, 7) is 1.89. The molecule has 0 radical (unpaired) electrons. The van der Waals surface area contributed by atoms with E-state index in [0.29, 0.717) is 18.2 Å². The molecule has 0 saturated heterocycles. The second kappa shape index (κ2) is 5.25. The molecule has 1 aromatic carbocycles. The molecule has 1 aliphatic carbocycles.